The summed E-state index contributed by atoms with van der Waals surface area (Å²) >= 11 is 1.65. The fourth-order valence-electron chi connectivity index (χ4n) is 0.420. The van der Waals surface area contributed by atoms with Crippen molar-refractivity contribution >= 4 is 11.8 Å². The largest absolute Gasteiger partial charge is 0.216 e. The fraction of sp³-hybridized carbons (Fsp3) is 0.333. The molecule has 0 bridgehead atoms. The number of hydrogen-bond acceptors (Lipinski definition) is 2. The van der Waals surface area contributed by atoms with E-state index in [-0.39, 0.29) is 0 Å². The van der Waals surface area contributed by atoms with Crippen LogP contribution in [0.15, 0.2) is 23.3 Å². The molecule has 0 radical (unpaired) electrons. The van der Waals surface area contributed by atoms with Gasteiger partial charge in [-0.05, 0) is 13.2 Å². The third kappa shape index (κ3) is 4.27. The molecular weight excluding hydrogens is 134 g/mol. The van der Waals surface area contributed by atoms with Crippen LogP contribution in [0, 0.1) is 0 Å². The molecule has 0 spiro atoms. The molecule has 3 N–H and O–H groups in total. The molecule has 2 nitrogen and oxygen atoms in total. The molecule has 0 aromatic heterocycles. The number of hydrogen-bond donors (Lipinski definition) is 2. The molecule has 0 unspecified atom stereocenters. The van der Waals surface area contributed by atoms with Crippen LogP contribution in [0.5, 0.6) is 0 Å². The van der Waals surface area contributed by atoms with Gasteiger partial charge in [0, 0.05) is 11.0 Å². The SMILES string of the molecule is CC=C(C=C[NH2+]O)SC. The van der Waals surface area contributed by atoms with E-state index in [9.17, 15) is 0 Å². The lowest BCUT2D eigenvalue weighted by Gasteiger charge is -1.89. The zero-order valence-electron chi connectivity index (χ0n) is 5.66. The zero-order valence-corrected chi connectivity index (χ0v) is 6.48. The molecule has 0 aliphatic rings. The van der Waals surface area contributed by atoms with Crippen molar-refractivity contribution in [3.8, 4) is 0 Å². The van der Waals surface area contributed by atoms with Crippen LogP contribution in [0.4, 0.5) is 0 Å². The Balaban J connectivity index is 3.70. The lowest BCUT2D eigenvalue weighted by Crippen LogP contribution is -2.73. The van der Waals surface area contributed by atoms with Gasteiger partial charge in [0.05, 0.1) is 0 Å². The van der Waals surface area contributed by atoms with Gasteiger partial charge < -0.3 is 0 Å². The van der Waals surface area contributed by atoms with Crippen LogP contribution in [-0.4, -0.2) is 11.5 Å². The summed E-state index contributed by atoms with van der Waals surface area (Å²) in [5.41, 5.74) is 1.03. The van der Waals surface area contributed by atoms with Gasteiger partial charge >= 0.3 is 0 Å². The average molecular weight is 146 g/mol. The first-order valence-corrected chi connectivity index (χ1v) is 3.92. The van der Waals surface area contributed by atoms with Crippen LogP contribution in [-0.2, 0) is 0 Å². The van der Waals surface area contributed by atoms with Gasteiger partial charge in [-0.25, -0.2) is 5.21 Å². The summed E-state index contributed by atoms with van der Waals surface area (Å²) in [7, 11) is 0. The lowest BCUT2D eigenvalue weighted by atomic mass is 10.5. The summed E-state index contributed by atoms with van der Waals surface area (Å²) in [6.45, 7) is 1.97. The second-order valence-electron chi connectivity index (χ2n) is 1.40. The highest BCUT2D eigenvalue weighted by Gasteiger charge is 1.83. The minimum absolute atomic E-state index is 1.03. The Morgan fingerprint density at radius 1 is 1.67 bits per heavy atom. The number of rotatable bonds is 3. The van der Waals surface area contributed by atoms with Crippen molar-refractivity contribution in [3.05, 3.63) is 23.3 Å². The molecular formula is C6H12NOS+. The van der Waals surface area contributed by atoms with Crippen molar-refractivity contribution in [2.75, 3.05) is 6.26 Å². The van der Waals surface area contributed by atoms with Crippen LogP contribution in [0.3, 0.4) is 0 Å². The predicted octanol–water partition coefficient (Wildman–Crippen LogP) is 0.720. The molecule has 0 saturated heterocycles. The summed E-state index contributed by atoms with van der Waals surface area (Å²) < 4.78 is 0. The number of thioether (sulfide) groups is 1. The Morgan fingerprint density at radius 3 is 2.67 bits per heavy atom. The van der Waals surface area contributed by atoms with Crippen molar-refractivity contribution < 1.29 is 10.7 Å². The van der Waals surface area contributed by atoms with Crippen molar-refractivity contribution in [1.82, 2.24) is 0 Å². The van der Waals surface area contributed by atoms with Gasteiger partial charge in [-0.2, -0.15) is 5.48 Å². The summed E-state index contributed by atoms with van der Waals surface area (Å²) in [4.78, 5) is 1.15. The van der Waals surface area contributed by atoms with Gasteiger partial charge in [0.2, 0.25) is 0 Å². The second-order valence-corrected chi connectivity index (χ2v) is 2.28. The standard InChI is InChI=1S/C6H11NOS/c1-3-6(9-2)4-5-7-8/h3-5,7-8H,1-2H3/p+1. The molecule has 0 aliphatic heterocycles. The fourth-order valence-corrected chi connectivity index (χ4v) is 0.870. The monoisotopic (exact) mass is 146 g/mol. The van der Waals surface area contributed by atoms with E-state index < -0.39 is 0 Å². The molecule has 0 aliphatic carbocycles. The van der Waals surface area contributed by atoms with E-state index in [1.165, 1.54) is 0 Å². The van der Waals surface area contributed by atoms with Crippen LogP contribution in [0.2, 0.25) is 0 Å². The first-order valence-electron chi connectivity index (χ1n) is 2.69. The Bertz CT molecular complexity index is 120. The number of hydroxylamine groups is 1. The van der Waals surface area contributed by atoms with Crippen molar-refractivity contribution in [3.63, 3.8) is 0 Å². The van der Waals surface area contributed by atoms with Crippen molar-refractivity contribution in [1.29, 1.82) is 0 Å². The van der Waals surface area contributed by atoms with Crippen molar-refractivity contribution in [2.24, 2.45) is 0 Å². The maximum Gasteiger partial charge on any atom is 0.126 e. The third-order valence-electron chi connectivity index (χ3n) is 0.867. The summed E-state index contributed by atoms with van der Waals surface area (Å²) in [5, 5.41) is 8.26. The lowest BCUT2D eigenvalue weighted by molar-refractivity contribution is -0.838. The summed E-state index contributed by atoms with van der Waals surface area (Å²) in [6, 6.07) is 0. The first kappa shape index (κ1) is 8.75. The molecule has 0 rings (SSSR count). The minimum atomic E-state index is 1.03. The molecule has 0 aromatic rings. The van der Waals surface area contributed by atoms with E-state index in [1.807, 2.05) is 25.3 Å². The average Bonchev–Trinajstić information content (AvgIpc) is 1.91. The maximum atomic E-state index is 8.26. The van der Waals surface area contributed by atoms with Crippen LogP contribution < -0.4 is 5.48 Å². The van der Waals surface area contributed by atoms with E-state index in [1.54, 1.807) is 18.0 Å². The molecule has 0 saturated carbocycles. The molecule has 0 amide bonds. The molecule has 0 atom stereocenters. The predicted molar refractivity (Wildman–Crippen MR) is 40.1 cm³/mol. The Labute approximate surface area is 59.6 Å². The van der Waals surface area contributed by atoms with E-state index in [4.69, 9.17) is 5.21 Å². The van der Waals surface area contributed by atoms with Crippen LogP contribution >= 0.6 is 11.8 Å². The van der Waals surface area contributed by atoms with E-state index in [2.05, 4.69) is 0 Å². The smallest absolute Gasteiger partial charge is 0.126 e. The summed E-state index contributed by atoms with van der Waals surface area (Å²) in [5.74, 6) is 0. The van der Waals surface area contributed by atoms with E-state index in [0.717, 1.165) is 10.4 Å². The van der Waals surface area contributed by atoms with E-state index >= 15 is 0 Å². The van der Waals surface area contributed by atoms with Crippen LogP contribution in [0.1, 0.15) is 6.92 Å². The maximum absolute atomic E-state index is 8.26. The molecule has 9 heavy (non-hydrogen) atoms. The highest BCUT2D eigenvalue weighted by atomic mass is 32.2. The third-order valence-corrected chi connectivity index (χ3v) is 1.71. The molecule has 0 aromatic carbocycles. The molecule has 0 heterocycles. The summed E-state index contributed by atoms with van der Waals surface area (Å²) in [6.07, 6.45) is 7.44. The van der Waals surface area contributed by atoms with Gasteiger partial charge in [0.15, 0.2) is 0 Å². The van der Waals surface area contributed by atoms with Gasteiger partial charge in [0.25, 0.3) is 0 Å². The van der Waals surface area contributed by atoms with Gasteiger partial charge in [-0.3, -0.25) is 0 Å². The second kappa shape index (κ2) is 5.88. The molecule has 3 heteroatoms. The van der Waals surface area contributed by atoms with Crippen molar-refractivity contribution in [2.45, 2.75) is 6.92 Å². The van der Waals surface area contributed by atoms with Gasteiger partial charge in [-0.15, -0.1) is 11.8 Å². The molecule has 52 valence electrons. The van der Waals surface area contributed by atoms with Gasteiger partial charge in [0.1, 0.15) is 6.20 Å². The Morgan fingerprint density at radius 2 is 2.33 bits per heavy atom. The highest BCUT2D eigenvalue weighted by molar-refractivity contribution is 8.02. The topological polar surface area (TPSA) is 36.8 Å². The molecule has 0 fully saturated rings. The quantitative estimate of drug-likeness (QED) is 0.454. The Kier molecular flexibility index (Phi) is 5.72. The zero-order chi connectivity index (χ0) is 7.11. The minimum Gasteiger partial charge on any atom is -0.216 e. The number of nitrogens with two attached hydrogens (primary N) is 1. The van der Waals surface area contributed by atoms with Crippen LogP contribution in [0.25, 0.3) is 0 Å². The highest BCUT2D eigenvalue weighted by Crippen LogP contribution is 2.10. The first-order chi connectivity index (χ1) is 4.35. The number of allylic oxidation sites excluding steroid dienone is 2. The Hall–Kier alpha value is -0.250. The van der Waals surface area contributed by atoms with E-state index in [0.29, 0.717) is 0 Å². The normalized spacial score (nSPS) is 13.0. The van der Waals surface area contributed by atoms with Gasteiger partial charge in [-0.1, -0.05) is 6.08 Å². The number of quaternary nitrogens is 1.